The summed E-state index contributed by atoms with van der Waals surface area (Å²) in [4.78, 5) is 0. The Labute approximate surface area is 124 Å². The molecule has 1 atom stereocenters. The van der Waals surface area contributed by atoms with Crippen molar-refractivity contribution in [1.82, 2.24) is 0 Å². The molecule has 1 aliphatic rings. The maximum Gasteiger partial charge on any atom is 0.162 e. The third-order valence-electron chi connectivity index (χ3n) is 3.30. The van der Waals surface area contributed by atoms with Crippen LogP contribution >= 0.6 is 11.6 Å². The van der Waals surface area contributed by atoms with Gasteiger partial charge >= 0.3 is 0 Å². The van der Waals surface area contributed by atoms with E-state index in [1.54, 1.807) is 19.2 Å². The number of hydrogen-bond acceptors (Lipinski definition) is 5. The van der Waals surface area contributed by atoms with E-state index in [0.717, 1.165) is 6.42 Å². The van der Waals surface area contributed by atoms with Gasteiger partial charge < -0.3 is 14.8 Å². The van der Waals surface area contributed by atoms with Gasteiger partial charge in [0.1, 0.15) is 0 Å². The minimum absolute atomic E-state index is 0.121. The van der Waals surface area contributed by atoms with Gasteiger partial charge in [0.25, 0.3) is 0 Å². The molecule has 1 saturated heterocycles. The fourth-order valence-corrected chi connectivity index (χ4v) is 4.17. The summed E-state index contributed by atoms with van der Waals surface area (Å²) in [5.41, 5.74) is 0.659. The number of anilines is 1. The highest BCUT2D eigenvalue weighted by atomic mass is 35.5. The summed E-state index contributed by atoms with van der Waals surface area (Å²) in [6.45, 7) is 0. The van der Waals surface area contributed by atoms with E-state index in [2.05, 4.69) is 5.32 Å². The first-order chi connectivity index (χ1) is 9.45. The number of nitrogens with one attached hydrogen (secondary N) is 1. The zero-order chi connectivity index (χ0) is 14.8. The molecule has 1 heterocycles. The summed E-state index contributed by atoms with van der Waals surface area (Å²) in [5, 5.41) is 3.66. The number of hydrogen-bond donors (Lipinski definition) is 1. The Bertz CT molecular complexity index is 588. The lowest BCUT2D eigenvalue weighted by Crippen LogP contribution is -2.34. The van der Waals surface area contributed by atoms with Gasteiger partial charge in [-0.3, -0.25) is 0 Å². The molecule has 1 aliphatic heterocycles. The van der Waals surface area contributed by atoms with E-state index in [-0.39, 0.29) is 17.5 Å². The second kappa shape index (κ2) is 6.10. The fourth-order valence-electron chi connectivity index (χ4n) is 2.32. The molecular weight excluding hydrogens is 302 g/mol. The molecule has 1 aromatic carbocycles. The Kier molecular flexibility index (Phi) is 4.65. The van der Waals surface area contributed by atoms with Crippen LogP contribution in [0.3, 0.4) is 0 Å². The molecule has 1 aromatic rings. The van der Waals surface area contributed by atoms with E-state index in [9.17, 15) is 8.42 Å². The first kappa shape index (κ1) is 15.3. The Morgan fingerprint density at radius 1 is 1.25 bits per heavy atom. The quantitative estimate of drug-likeness (QED) is 0.923. The van der Waals surface area contributed by atoms with E-state index in [1.807, 2.05) is 0 Å². The first-order valence-corrected chi connectivity index (χ1v) is 8.53. The summed E-state index contributed by atoms with van der Waals surface area (Å²) < 4.78 is 33.7. The lowest BCUT2D eigenvalue weighted by atomic mass is 10.1. The van der Waals surface area contributed by atoms with Crippen LogP contribution < -0.4 is 14.8 Å². The van der Waals surface area contributed by atoms with Gasteiger partial charge in [-0.1, -0.05) is 11.6 Å². The molecule has 0 aromatic heterocycles. The summed E-state index contributed by atoms with van der Waals surface area (Å²) in [5.74, 6) is 1.50. The minimum atomic E-state index is -2.95. The molecule has 2 rings (SSSR count). The highest BCUT2D eigenvalue weighted by Crippen LogP contribution is 2.36. The predicted octanol–water partition coefficient (Wildman–Crippen LogP) is 2.35. The van der Waals surface area contributed by atoms with Crippen LogP contribution in [0.1, 0.15) is 12.8 Å². The van der Waals surface area contributed by atoms with E-state index >= 15 is 0 Å². The summed E-state index contributed by atoms with van der Waals surface area (Å²) >= 11 is 6.18. The van der Waals surface area contributed by atoms with Gasteiger partial charge in [0.05, 0.1) is 36.4 Å². The average molecular weight is 320 g/mol. The normalized spacial score (nSPS) is 21.2. The Hall–Kier alpha value is -1.14. The van der Waals surface area contributed by atoms with E-state index in [0.29, 0.717) is 28.6 Å². The molecule has 1 unspecified atom stereocenters. The predicted molar refractivity (Wildman–Crippen MR) is 79.9 cm³/mol. The van der Waals surface area contributed by atoms with Gasteiger partial charge in [0.15, 0.2) is 21.3 Å². The van der Waals surface area contributed by atoms with Crippen LogP contribution in [0, 0.1) is 0 Å². The van der Waals surface area contributed by atoms with Crippen molar-refractivity contribution >= 4 is 27.1 Å². The molecule has 0 bridgehead atoms. The molecule has 7 heteroatoms. The zero-order valence-electron chi connectivity index (χ0n) is 11.5. The van der Waals surface area contributed by atoms with Crippen LogP contribution in [-0.4, -0.2) is 40.2 Å². The number of benzene rings is 1. The van der Waals surface area contributed by atoms with Gasteiger partial charge in [-0.25, -0.2) is 8.42 Å². The molecule has 112 valence electrons. The molecule has 1 N–H and O–H groups in total. The molecule has 0 radical (unpaired) electrons. The number of rotatable bonds is 4. The van der Waals surface area contributed by atoms with Crippen molar-refractivity contribution in [3.63, 3.8) is 0 Å². The van der Waals surface area contributed by atoms with Crippen molar-refractivity contribution in [2.45, 2.75) is 18.9 Å². The Morgan fingerprint density at radius 2 is 1.90 bits per heavy atom. The lowest BCUT2D eigenvalue weighted by molar-refractivity contribution is 0.355. The third kappa shape index (κ3) is 3.49. The van der Waals surface area contributed by atoms with Crippen molar-refractivity contribution < 1.29 is 17.9 Å². The van der Waals surface area contributed by atoms with Crippen LogP contribution in [0.5, 0.6) is 11.5 Å². The fraction of sp³-hybridized carbons (Fsp3) is 0.538. The van der Waals surface area contributed by atoms with Crippen molar-refractivity contribution in [3.05, 3.63) is 17.2 Å². The molecule has 0 amide bonds. The van der Waals surface area contributed by atoms with Crippen molar-refractivity contribution in [1.29, 1.82) is 0 Å². The number of halogens is 1. The molecular formula is C13H18ClNO4S. The SMILES string of the molecule is COc1cc(Cl)c(NC2CCCS(=O)(=O)C2)cc1OC. The van der Waals surface area contributed by atoms with Gasteiger partial charge in [-0.2, -0.15) is 0 Å². The van der Waals surface area contributed by atoms with Crippen LogP contribution in [0.15, 0.2) is 12.1 Å². The maximum atomic E-state index is 11.6. The van der Waals surface area contributed by atoms with Crippen molar-refractivity contribution in [3.8, 4) is 11.5 Å². The van der Waals surface area contributed by atoms with Crippen molar-refractivity contribution in [2.75, 3.05) is 31.0 Å². The van der Waals surface area contributed by atoms with E-state index in [4.69, 9.17) is 21.1 Å². The first-order valence-electron chi connectivity index (χ1n) is 6.33. The van der Waals surface area contributed by atoms with Gasteiger partial charge in [0.2, 0.25) is 0 Å². The number of sulfone groups is 1. The van der Waals surface area contributed by atoms with Gasteiger partial charge in [-0.05, 0) is 12.8 Å². The number of methoxy groups -OCH3 is 2. The minimum Gasteiger partial charge on any atom is -0.493 e. The summed E-state index contributed by atoms with van der Waals surface area (Å²) in [6, 6.07) is 3.26. The van der Waals surface area contributed by atoms with Crippen LogP contribution in [0.25, 0.3) is 0 Å². The monoisotopic (exact) mass is 319 g/mol. The summed E-state index contributed by atoms with van der Waals surface area (Å²) in [6.07, 6.45) is 1.48. The van der Waals surface area contributed by atoms with E-state index < -0.39 is 9.84 Å². The standard InChI is InChI=1S/C13H18ClNO4S/c1-18-12-6-10(14)11(7-13(12)19-2)15-9-4-3-5-20(16,17)8-9/h6-7,9,15H,3-5,8H2,1-2H3. The largest absolute Gasteiger partial charge is 0.493 e. The van der Waals surface area contributed by atoms with E-state index in [1.165, 1.54) is 7.11 Å². The molecule has 0 saturated carbocycles. The highest BCUT2D eigenvalue weighted by molar-refractivity contribution is 7.91. The van der Waals surface area contributed by atoms with Crippen LogP contribution in [-0.2, 0) is 9.84 Å². The molecule has 20 heavy (non-hydrogen) atoms. The second-order valence-corrected chi connectivity index (χ2v) is 7.42. The summed E-state index contributed by atoms with van der Waals surface area (Å²) in [7, 11) is 0.124. The lowest BCUT2D eigenvalue weighted by Gasteiger charge is -2.25. The molecule has 1 fully saturated rings. The maximum absolute atomic E-state index is 11.6. The Morgan fingerprint density at radius 3 is 2.50 bits per heavy atom. The highest BCUT2D eigenvalue weighted by Gasteiger charge is 2.25. The molecule has 0 aliphatic carbocycles. The van der Waals surface area contributed by atoms with Crippen LogP contribution in [0.2, 0.25) is 5.02 Å². The van der Waals surface area contributed by atoms with Crippen LogP contribution in [0.4, 0.5) is 5.69 Å². The van der Waals surface area contributed by atoms with Crippen molar-refractivity contribution in [2.24, 2.45) is 0 Å². The second-order valence-electron chi connectivity index (χ2n) is 4.78. The smallest absolute Gasteiger partial charge is 0.162 e. The Balaban J connectivity index is 2.21. The molecule has 5 nitrogen and oxygen atoms in total. The zero-order valence-corrected chi connectivity index (χ0v) is 13.1. The third-order valence-corrected chi connectivity index (χ3v) is 5.43. The van der Waals surface area contributed by atoms with Gasteiger partial charge in [-0.15, -0.1) is 0 Å². The topological polar surface area (TPSA) is 64.6 Å². The number of ether oxygens (including phenoxy) is 2. The van der Waals surface area contributed by atoms with Gasteiger partial charge in [0, 0.05) is 18.2 Å². The average Bonchev–Trinajstić information content (AvgIpc) is 2.39. The molecule has 0 spiro atoms.